The zero-order valence-corrected chi connectivity index (χ0v) is 49.9. The Morgan fingerprint density at radius 1 is 0.284 bits per heavy atom. The molecule has 2 aliphatic heterocycles. The molecule has 16 aromatic rings. The van der Waals surface area contributed by atoms with E-state index in [2.05, 4.69) is 339 Å². The van der Waals surface area contributed by atoms with E-state index in [0.717, 1.165) is 11.4 Å². The quantitative estimate of drug-likeness (QED) is 0.114. The molecule has 15 aromatic carbocycles. The Labute approximate surface area is 513 Å². The summed E-state index contributed by atoms with van der Waals surface area (Å²) in [5, 5.41) is 18.3. The minimum atomic E-state index is -2.62. The maximum absolute atomic E-state index is 2.62. The summed E-state index contributed by atoms with van der Waals surface area (Å²) in [7, 11) is -2.62. The molecule has 0 saturated heterocycles. The molecule has 0 fully saturated rings. The summed E-state index contributed by atoms with van der Waals surface area (Å²) in [6.07, 6.45) is 0. The summed E-state index contributed by atoms with van der Waals surface area (Å²) in [6, 6.07) is 119. The summed E-state index contributed by atoms with van der Waals surface area (Å²) >= 11 is 0. The molecule has 0 radical (unpaired) electrons. The molecule has 2 nitrogen and oxygen atoms in total. The van der Waals surface area contributed by atoms with Gasteiger partial charge in [0, 0.05) is 27.6 Å². The predicted molar refractivity (Wildman–Crippen MR) is 377 cm³/mol. The van der Waals surface area contributed by atoms with Gasteiger partial charge in [-0.2, -0.15) is 0 Å². The predicted octanol–water partition coefficient (Wildman–Crippen LogP) is 19.9. The van der Waals surface area contributed by atoms with Gasteiger partial charge in [-0.05, 0) is 192 Å². The average molecular weight is 1140 g/mol. The van der Waals surface area contributed by atoms with Crippen LogP contribution in [0.1, 0.15) is 25.0 Å². The first-order chi connectivity index (χ1) is 43.4. The van der Waals surface area contributed by atoms with Crippen LogP contribution in [-0.4, -0.2) is 12.6 Å². The molecule has 1 aromatic heterocycles. The van der Waals surface area contributed by atoms with E-state index >= 15 is 0 Å². The van der Waals surface area contributed by atoms with Crippen molar-refractivity contribution in [2.45, 2.75) is 19.3 Å². The van der Waals surface area contributed by atoms with E-state index in [1.54, 1.807) is 0 Å². The van der Waals surface area contributed by atoms with Crippen LogP contribution in [0, 0.1) is 0 Å². The SMILES string of the molecule is CC1(C)c2cc(-c3ccc4c(c3)c3ccccc3n4-c3ccc4cc5c(cc4c3)-c3ccccc3[Si]5(c3ccccc3)c3ccccc3)ccc2N(c2ccccc2)c2ccc(-c3c4ccccc4c(-c4cccc5ccccc45)c4ccccc34)cc21. The van der Waals surface area contributed by atoms with Crippen LogP contribution in [0.15, 0.2) is 315 Å². The third kappa shape index (κ3) is 7.29. The standard InChI is InChI=1S/C85H58N2Si/c1-85(2)75-52-57(43-47-79(75)86(61-25-6-3-7-26-61)80-48-44-59(53-76(80)85)83-69-34-14-16-36-71(69)84(72-37-17-15-35-70(72)83)68-38-22-24-55-23-12-13-31-65(55)68)56-42-46-78-73(50-56)66-32-18-20-39-77(66)87(78)62-45-41-58-54-82-74(51-60(58)49-62)67-33-19-21-40-81(67)88(82,63-27-8-4-9-28-63)64-29-10-5-11-30-64/h3-54H,1-2H3. The molecule has 0 aliphatic carbocycles. The van der Waals surface area contributed by atoms with Gasteiger partial charge in [0.05, 0.1) is 22.4 Å². The highest BCUT2D eigenvalue weighted by Crippen LogP contribution is 2.55. The number of hydrogen-bond acceptors (Lipinski definition) is 1. The maximum Gasteiger partial charge on any atom is 0.180 e. The highest BCUT2D eigenvalue weighted by Gasteiger charge is 2.49. The smallest absolute Gasteiger partial charge is 0.180 e. The van der Waals surface area contributed by atoms with Gasteiger partial charge in [-0.25, -0.2) is 0 Å². The minimum absolute atomic E-state index is 0.373. The van der Waals surface area contributed by atoms with Gasteiger partial charge < -0.3 is 9.47 Å². The first-order valence-electron chi connectivity index (χ1n) is 30.8. The van der Waals surface area contributed by atoms with Crippen molar-refractivity contribution >= 4 is 111 Å². The van der Waals surface area contributed by atoms with Crippen molar-refractivity contribution in [1.82, 2.24) is 4.57 Å². The van der Waals surface area contributed by atoms with E-state index in [1.165, 1.54) is 153 Å². The number of aromatic nitrogens is 1. The molecule has 0 N–H and O–H groups in total. The van der Waals surface area contributed by atoms with Gasteiger partial charge in [-0.1, -0.05) is 257 Å². The van der Waals surface area contributed by atoms with Crippen molar-refractivity contribution in [2.75, 3.05) is 4.90 Å². The number of anilines is 3. The average Bonchev–Trinajstić information content (AvgIpc) is 1.44. The van der Waals surface area contributed by atoms with E-state index in [4.69, 9.17) is 0 Å². The molecule has 0 amide bonds. The molecule has 18 rings (SSSR count). The molecule has 0 bridgehead atoms. The molecule has 2 aliphatic rings. The fraction of sp³-hybridized carbons (Fsp3) is 0.0353. The largest absolute Gasteiger partial charge is 0.310 e. The van der Waals surface area contributed by atoms with E-state index in [0.29, 0.717) is 0 Å². The first kappa shape index (κ1) is 50.5. The van der Waals surface area contributed by atoms with Gasteiger partial charge >= 0.3 is 0 Å². The lowest BCUT2D eigenvalue weighted by molar-refractivity contribution is 0.632. The summed E-state index contributed by atoms with van der Waals surface area (Å²) in [4.78, 5) is 2.49. The van der Waals surface area contributed by atoms with Gasteiger partial charge in [-0.3, -0.25) is 0 Å². The van der Waals surface area contributed by atoms with E-state index in [-0.39, 0.29) is 5.41 Å². The Hall–Kier alpha value is -10.8. The first-order valence-corrected chi connectivity index (χ1v) is 32.8. The van der Waals surface area contributed by atoms with Gasteiger partial charge in [0.15, 0.2) is 8.07 Å². The summed E-state index contributed by atoms with van der Waals surface area (Å²) in [6.45, 7) is 4.86. The lowest BCUT2D eigenvalue weighted by atomic mass is 9.72. The van der Waals surface area contributed by atoms with Crippen LogP contribution in [-0.2, 0) is 5.41 Å². The summed E-state index contributed by atoms with van der Waals surface area (Å²) in [5.41, 5.74) is 19.4. The normalized spacial score (nSPS) is 13.7. The molecule has 0 spiro atoms. The van der Waals surface area contributed by atoms with E-state index in [1.807, 2.05) is 0 Å². The maximum atomic E-state index is 2.53. The Kier molecular flexibility index (Phi) is 11.1. The number of nitrogens with zero attached hydrogens (tertiary/aromatic N) is 2. The lowest BCUT2D eigenvalue weighted by Crippen LogP contribution is -2.72. The minimum Gasteiger partial charge on any atom is -0.310 e. The van der Waals surface area contributed by atoms with Crippen LogP contribution in [0.25, 0.3) is 115 Å². The molecular weight excluding hydrogens is 1080 g/mol. The van der Waals surface area contributed by atoms with Gasteiger partial charge in [0.1, 0.15) is 0 Å². The second kappa shape index (κ2) is 19.3. The molecule has 0 atom stereocenters. The number of para-hydroxylation sites is 2. The Bertz CT molecular complexity index is 5440. The monoisotopic (exact) mass is 1130 g/mol. The van der Waals surface area contributed by atoms with Crippen molar-refractivity contribution in [3.63, 3.8) is 0 Å². The van der Waals surface area contributed by atoms with Gasteiger partial charge in [0.2, 0.25) is 0 Å². The molecule has 0 unspecified atom stereocenters. The van der Waals surface area contributed by atoms with Crippen molar-refractivity contribution in [3.05, 3.63) is 327 Å². The number of fused-ring (bicyclic) bond motifs is 12. The van der Waals surface area contributed by atoms with Crippen LogP contribution in [0.4, 0.5) is 17.1 Å². The van der Waals surface area contributed by atoms with Crippen molar-refractivity contribution in [1.29, 1.82) is 0 Å². The van der Waals surface area contributed by atoms with Crippen LogP contribution >= 0.6 is 0 Å². The molecular formula is C85H58N2Si. The van der Waals surface area contributed by atoms with Crippen molar-refractivity contribution in [2.24, 2.45) is 0 Å². The van der Waals surface area contributed by atoms with Gasteiger partial charge in [-0.15, -0.1) is 0 Å². The molecule has 88 heavy (non-hydrogen) atoms. The van der Waals surface area contributed by atoms with E-state index < -0.39 is 8.07 Å². The molecule has 3 heteroatoms. The summed E-state index contributed by atoms with van der Waals surface area (Å²) in [5.74, 6) is 0. The van der Waals surface area contributed by atoms with Crippen molar-refractivity contribution < 1.29 is 0 Å². The lowest BCUT2D eigenvalue weighted by Gasteiger charge is -2.42. The Morgan fingerprint density at radius 3 is 1.51 bits per heavy atom. The summed E-state index contributed by atoms with van der Waals surface area (Å²) < 4.78 is 2.48. The zero-order valence-electron chi connectivity index (χ0n) is 48.9. The zero-order chi connectivity index (χ0) is 58.2. The number of benzene rings is 15. The number of rotatable bonds is 7. The van der Waals surface area contributed by atoms with Crippen LogP contribution < -0.4 is 25.6 Å². The molecule has 3 heterocycles. The second-order valence-corrected chi connectivity index (χ2v) is 28.4. The fourth-order valence-corrected chi connectivity index (χ4v) is 21.0. The van der Waals surface area contributed by atoms with Crippen LogP contribution in [0.5, 0.6) is 0 Å². The second-order valence-electron chi connectivity index (χ2n) is 24.7. The molecule has 412 valence electrons. The van der Waals surface area contributed by atoms with Gasteiger partial charge in [0.25, 0.3) is 0 Å². The van der Waals surface area contributed by atoms with Crippen LogP contribution in [0.3, 0.4) is 0 Å². The Balaban J connectivity index is 0.769. The number of hydrogen-bond donors (Lipinski definition) is 0. The molecule has 0 saturated carbocycles. The van der Waals surface area contributed by atoms with Crippen LogP contribution in [0.2, 0.25) is 0 Å². The highest BCUT2D eigenvalue weighted by atomic mass is 28.3. The highest BCUT2D eigenvalue weighted by molar-refractivity contribution is 7.22. The third-order valence-corrected chi connectivity index (χ3v) is 24.6. The van der Waals surface area contributed by atoms with Crippen molar-refractivity contribution in [3.8, 4) is 50.2 Å². The topological polar surface area (TPSA) is 8.17 Å². The third-order valence-electron chi connectivity index (χ3n) is 19.8. The van der Waals surface area contributed by atoms with E-state index in [9.17, 15) is 0 Å². The Morgan fingerprint density at radius 2 is 0.807 bits per heavy atom. The fourth-order valence-electron chi connectivity index (χ4n) is 15.8.